The minimum Gasteiger partial charge on any atom is -0.546 e. The van der Waals surface area contributed by atoms with Crippen LogP contribution in [-0.2, 0) is 28.4 Å². The summed E-state index contributed by atoms with van der Waals surface area (Å²) in [5.74, 6) is 0. The van der Waals surface area contributed by atoms with E-state index in [-0.39, 0.29) is 13.2 Å². The molecule has 0 atom stereocenters. The Morgan fingerprint density at radius 1 is 0.826 bits per heavy atom. The first-order valence-electron chi connectivity index (χ1n) is 5.77. The van der Waals surface area contributed by atoms with Gasteiger partial charge in [-0.05, 0) is 6.92 Å². The minimum absolute atomic E-state index is 0.316. The van der Waals surface area contributed by atoms with Crippen LogP contribution in [0.25, 0.3) is 0 Å². The van der Waals surface area contributed by atoms with Crippen LogP contribution in [0.15, 0.2) is 0 Å². The van der Waals surface area contributed by atoms with Gasteiger partial charge in [-0.25, -0.2) is 14.4 Å². The average Bonchev–Trinajstić information content (AvgIpc) is 2.51. The van der Waals surface area contributed by atoms with Crippen LogP contribution in [0.5, 0.6) is 0 Å². The summed E-state index contributed by atoms with van der Waals surface area (Å²) in [6.45, 7) is 1.43. The summed E-state index contributed by atoms with van der Waals surface area (Å²) in [5, 5.41) is 17.3. The van der Waals surface area contributed by atoms with Gasteiger partial charge in [-0.2, -0.15) is 0 Å². The van der Waals surface area contributed by atoms with E-state index in [1.54, 1.807) is 6.92 Å². The van der Waals surface area contributed by atoms with E-state index in [4.69, 9.17) is 5.11 Å². The van der Waals surface area contributed by atoms with Gasteiger partial charge >= 0.3 is 18.5 Å². The lowest BCUT2D eigenvalue weighted by Gasteiger charge is -2.05. The van der Waals surface area contributed by atoms with E-state index in [0.717, 1.165) is 0 Å². The number of ether oxygens (including phenoxy) is 6. The van der Waals surface area contributed by atoms with Crippen LogP contribution in [0.1, 0.15) is 6.92 Å². The van der Waals surface area contributed by atoms with Crippen molar-refractivity contribution in [2.75, 3.05) is 41.2 Å². The Balaban J connectivity index is -0.000000272. The van der Waals surface area contributed by atoms with E-state index in [1.807, 2.05) is 0 Å². The molecule has 0 heterocycles. The maximum absolute atomic E-state index is 9.97. The molecule has 0 aromatic carbocycles. The Hall–Kier alpha value is -2.92. The summed E-state index contributed by atoms with van der Waals surface area (Å²) in [6, 6.07) is 0. The number of rotatable bonds is 4. The Labute approximate surface area is 131 Å². The largest absolute Gasteiger partial charge is 0.546 e. The van der Waals surface area contributed by atoms with Gasteiger partial charge in [0.1, 0.15) is 6.61 Å². The van der Waals surface area contributed by atoms with E-state index >= 15 is 0 Å². The van der Waals surface area contributed by atoms with Gasteiger partial charge in [-0.1, -0.05) is 0 Å². The van der Waals surface area contributed by atoms with E-state index in [2.05, 4.69) is 28.4 Å². The molecule has 0 unspecified atom stereocenters. The number of hydrogen-bond donors (Lipinski definition) is 1. The quantitative estimate of drug-likeness (QED) is 0.419. The summed E-state index contributed by atoms with van der Waals surface area (Å²) in [7, 11) is 3.79. The molecular formula is C11H19O12-. The Morgan fingerprint density at radius 3 is 1.48 bits per heavy atom. The van der Waals surface area contributed by atoms with Gasteiger partial charge in [0.05, 0.1) is 34.5 Å². The predicted octanol–water partition coefficient (Wildman–Crippen LogP) is 0.229. The number of carbonyl (C=O) groups is 4. The number of hydrogen-bond acceptors (Lipinski definition) is 11. The van der Waals surface area contributed by atoms with Crippen molar-refractivity contribution in [3.8, 4) is 0 Å². The van der Waals surface area contributed by atoms with E-state index in [9.17, 15) is 24.3 Å². The van der Waals surface area contributed by atoms with Crippen LogP contribution in [0.3, 0.4) is 0 Å². The highest BCUT2D eigenvalue weighted by atomic mass is 16.7. The third-order valence-electron chi connectivity index (χ3n) is 1.29. The molecular weight excluding hydrogens is 324 g/mol. The van der Waals surface area contributed by atoms with Crippen LogP contribution in [0, 0.1) is 0 Å². The van der Waals surface area contributed by atoms with Crippen LogP contribution in [-0.4, -0.2) is 70.9 Å². The molecule has 23 heavy (non-hydrogen) atoms. The van der Waals surface area contributed by atoms with Crippen molar-refractivity contribution in [2.45, 2.75) is 6.92 Å². The smallest absolute Gasteiger partial charge is 0.507 e. The highest BCUT2D eigenvalue weighted by molar-refractivity contribution is 5.59. The molecule has 1 N–H and O–H groups in total. The second-order valence-electron chi connectivity index (χ2n) is 2.76. The van der Waals surface area contributed by atoms with Crippen molar-refractivity contribution in [3.63, 3.8) is 0 Å². The Morgan fingerprint density at radius 2 is 1.26 bits per heavy atom. The summed E-state index contributed by atoms with van der Waals surface area (Å²) in [6.07, 6.45) is -4.45. The first kappa shape index (κ1) is 25.1. The maximum Gasteiger partial charge on any atom is 0.507 e. The maximum atomic E-state index is 9.97. The first-order chi connectivity index (χ1) is 10.7. The van der Waals surface area contributed by atoms with Crippen molar-refractivity contribution < 1.29 is 57.8 Å². The average molecular weight is 343 g/mol. The molecule has 0 spiro atoms. The first-order valence-corrected chi connectivity index (χ1v) is 5.77. The molecule has 12 heteroatoms. The zero-order valence-corrected chi connectivity index (χ0v) is 13.1. The summed E-state index contributed by atoms with van der Waals surface area (Å²) in [4.78, 5) is 38.8. The van der Waals surface area contributed by atoms with E-state index in [1.165, 1.54) is 21.3 Å². The third kappa shape index (κ3) is 32.5. The normalized spacial score (nSPS) is 7.83. The van der Waals surface area contributed by atoms with Gasteiger partial charge < -0.3 is 43.4 Å². The molecule has 0 aliphatic carbocycles. The molecule has 0 aliphatic heterocycles. The molecule has 136 valence electrons. The summed E-state index contributed by atoms with van der Waals surface area (Å²) in [5.41, 5.74) is 0. The molecule has 0 radical (unpaired) electrons. The fourth-order valence-corrected chi connectivity index (χ4v) is 0.514. The van der Waals surface area contributed by atoms with Crippen molar-refractivity contribution >= 4 is 24.6 Å². The van der Waals surface area contributed by atoms with E-state index < -0.39 is 24.6 Å². The van der Waals surface area contributed by atoms with Gasteiger partial charge in [-0.15, -0.1) is 0 Å². The lowest BCUT2D eigenvalue weighted by atomic mass is 10.8. The van der Waals surface area contributed by atoms with Crippen molar-refractivity contribution in [2.24, 2.45) is 0 Å². The predicted molar refractivity (Wildman–Crippen MR) is 68.8 cm³/mol. The van der Waals surface area contributed by atoms with Crippen LogP contribution in [0.2, 0.25) is 0 Å². The van der Waals surface area contributed by atoms with Crippen LogP contribution >= 0.6 is 0 Å². The van der Waals surface area contributed by atoms with Gasteiger partial charge in [0.2, 0.25) is 0 Å². The number of carbonyl (C=O) groups excluding carboxylic acids is 3. The highest BCUT2D eigenvalue weighted by Gasteiger charge is 1.93. The van der Waals surface area contributed by atoms with Gasteiger partial charge in [0, 0.05) is 0 Å². The molecule has 0 saturated carbocycles. The molecule has 0 saturated heterocycles. The molecule has 0 aromatic rings. The molecule has 12 nitrogen and oxygen atoms in total. The standard InChI is InChI=1S/C4H6O6.C4H8O3.C3H6O3/c5-3(6)9-1-2-10-4(7)8;1-3-7-4(5)6-2;1-5-3(4)6-2/h1-2H2,(H,5,6)(H,7,8);3H2,1-2H3;1-2H3/p-1. The zero-order valence-electron chi connectivity index (χ0n) is 13.1. The molecule has 0 aromatic heterocycles. The fraction of sp³-hybridized carbons (Fsp3) is 0.636. The molecule has 0 fully saturated rings. The summed E-state index contributed by atoms with van der Waals surface area (Å²) < 4.78 is 24.2. The van der Waals surface area contributed by atoms with E-state index in [0.29, 0.717) is 6.61 Å². The van der Waals surface area contributed by atoms with Crippen LogP contribution < -0.4 is 5.11 Å². The SMILES string of the molecule is CCOC(=O)OC.COC(=O)OC.O=C([O-])OCCOC(=O)O. The molecule has 0 rings (SSSR count). The fourth-order valence-electron chi connectivity index (χ4n) is 0.514. The minimum atomic E-state index is -1.70. The lowest BCUT2D eigenvalue weighted by molar-refractivity contribution is -0.283. The monoisotopic (exact) mass is 343 g/mol. The molecule has 0 bridgehead atoms. The Bertz CT molecular complexity index is 318. The third-order valence-corrected chi connectivity index (χ3v) is 1.29. The Kier molecular flexibility index (Phi) is 20.8. The zero-order chi connectivity index (χ0) is 18.7. The second-order valence-corrected chi connectivity index (χ2v) is 2.76. The van der Waals surface area contributed by atoms with Gasteiger partial charge in [-0.3, -0.25) is 0 Å². The van der Waals surface area contributed by atoms with Crippen molar-refractivity contribution in [1.29, 1.82) is 0 Å². The highest BCUT2D eigenvalue weighted by Crippen LogP contribution is 1.78. The van der Waals surface area contributed by atoms with Crippen LogP contribution in [0.4, 0.5) is 19.2 Å². The topological polar surface area (TPSA) is 167 Å². The second kappa shape index (κ2) is 19.1. The number of methoxy groups -OCH3 is 3. The van der Waals surface area contributed by atoms with Crippen molar-refractivity contribution in [1.82, 2.24) is 0 Å². The summed E-state index contributed by atoms with van der Waals surface area (Å²) >= 11 is 0. The lowest BCUT2D eigenvalue weighted by Crippen LogP contribution is -2.25. The number of carboxylic acid groups (broad SMARTS) is 2. The molecule has 0 aliphatic rings. The van der Waals surface area contributed by atoms with Crippen molar-refractivity contribution in [3.05, 3.63) is 0 Å². The van der Waals surface area contributed by atoms with Gasteiger partial charge in [0.15, 0.2) is 0 Å². The molecule has 0 amide bonds. The van der Waals surface area contributed by atoms with Gasteiger partial charge in [0.25, 0.3) is 6.16 Å².